The van der Waals surface area contributed by atoms with Crippen LogP contribution in [0.4, 0.5) is 0 Å². The van der Waals surface area contributed by atoms with E-state index in [4.69, 9.17) is 0 Å². The molecule has 19 heavy (non-hydrogen) atoms. The average molecular weight is 264 g/mol. The molecule has 104 valence electrons. The van der Waals surface area contributed by atoms with Crippen molar-refractivity contribution in [3.8, 4) is 17.2 Å². The highest BCUT2D eigenvalue weighted by molar-refractivity contribution is 6.03. The van der Waals surface area contributed by atoms with Crippen LogP contribution in [0.3, 0.4) is 0 Å². The van der Waals surface area contributed by atoms with Gasteiger partial charge < -0.3 is 15.3 Å². The first kappa shape index (κ1) is 15.1. The number of phenols is 3. The number of hydrogen-bond acceptors (Lipinski definition) is 4. The second-order valence-corrected chi connectivity index (χ2v) is 5.15. The maximum atomic E-state index is 12.0. The van der Waals surface area contributed by atoms with Crippen LogP contribution in [-0.4, -0.2) is 21.1 Å². The van der Waals surface area contributed by atoms with Gasteiger partial charge in [-0.2, -0.15) is 0 Å². The van der Waals surface area contributed by atoms with Gasteiger partial charge in [-0.05, 0) is 24.8 Å². The molecule has 0 amide bonds. The first-order chi connectivity index (χ1) is 8.75. The summed E-state index contributed by atoms with van der Waals surface area (Å²) in [7, 11) is 0. The number of ketones is 1. The lowest BCUT2D eigenvalue weighted by Gasteiger charge is -2.13. The van der Waals surface area contributed by atoms with E-state index >= 15 is 0 Å². The summed E-state index contributed by atoms with van der Waals surface area (Å²) >= 11 is 0. The first-order valence-electron chi connectivity index (χ1n) is 6.22. The van der Waals surface area contributed by atoms with Crippen molar-refractivity contribution in [1.82, 2.24) is 0 Å². The zero-order valence-electron chi connectivity index (χ0n) is 11.5. The Balaban J connectivity index is 3.24. The fourth-order valence-electron chi connectivity index (χ4n) is 1.88. The Kier molecular flexibility index (Phi) is 4.59. The molecule has 0 radical (unpaired) electrons. The number of benzene rings is 1. The van der Waals surface area contributed by atoms with Crippen LogP contribution in [0.15, 0.2) is 12.6 Å². The number of allylic oxidation sites excluding steroid dienone is 1. The topological polar surface area (TPSA) is 77.8 Å². The molecule has 1 aromatic rings. The first-order valence-corrected chi connectivity index (χ1v) is 6.22. The summed E-state index contributed by atoms with van der Waals surface area (Å²) in [6.07, 6.45) is 0.903. The van der Waals surface area contributed by atoms with Crippen LogP contribution in [0.1, 0.15) is 49.5 Å². The normalized spacial score (nSPS) is 10.7. The van der Waals surface area contributed by atoms with Gasteiger partial charge in [-0.3, -0.25) is 4.79 Å². The molecule has 1 aromatic carbocycles. The highest BCUT2D eigenvalue weighted by atomic mass is 16.3. The lowest BCUT2D eigenvalue weighted by Crippen LogP contribution is -2.03. The summed E-state index contributed by atoms with van der Waals surface area (Å²) < 4.78 is 0. The van der Waals surface area contributed by atoms with Gasteiger partial charge in [-0.1, -0.05) is 20.4 Å². The Morgan fingerprint density at radius 1 is 1.21 bits per heavy atom. The van der Waals surface area contributed by atoms with E-state index in [0.29, 0.717) is 17.9 Å². The van der Waals surface area contributed by atoms with Crippen LogP contribution in [0.5, 0.6) is 17.2 Å². The van der Waals surface area contributed by atoms with Gasteiger partial charge in [0.1, 0.15) is 22.8 Å². The molecular weight excluding hydrogens is 244 g/mol. The molecule has 0 aliphatic rings. The molecule has 4 nitrogen and oxygen atoms in total. The SMILES string of the molecule is C=C(C)c1c(O)cc(O)c(C(=O)CCC(C)C)c1O. The van der Waals surface area contributed by atoms with Crippen LogP contribution in [0, 0.1) is 5.92 Å². The molecule has 0 spiro atoms. The number of carbonyl (C=O) groups is 1. The van der Waals surface area contributed by atoms with Crippen LogP contribution in [-0.2, 0) is 0 Å². The van der Waals surface area contributed by atoms with E-state index in [1.807, 2.05) is 13.8 Å². The van der Waals surface area contributed by atoms with Crippen LogP contribution in [0.2, 0.25) is 0 Å². The van der Waals surface area contributed by atoms with Crippen molar-refractivity contribution >= 4 is 11.4 Å². The van der Waals surface area contributed by atoms with Gasteiger partial charge in [0, 0.05) is 12.5 Å². The molecule has 0 bridgehead atoms. The summed E-state index contributed by atoms with van der Waals surface area (Å²) in [5.74, 6) is -1.09. The van der Waals surface area contributed by atoms with E-state index in [-0.39, 0.29) is 29.1 Å². The third kappa shape index (κ3) is 3.28. The van der Waals surface area contributed by atoms with Gasteiger partial charge in [0.2, 0.25) is 0 Å². The van der Waals surface area contributed by atoms with Gasteiger partial charge in [0.25, 0.3) is 0 Å². The van der Waals surface area contributed by atoms with Gasteiger partial charge in [0.05, 0.1) is 5.56 Å². The lowest BCUT2D eigenvalue weighted by molar-refractivity contribution is 0.0970. The standard InChI is InChI=1S/C15H20O4/c1-8(2)5-6-10(16)14-12(18)7-11(17)13(9(3)4)15(14)19/h7-8,17-19H,3,5-6H2,1-2,4H3. The predicted octanol–water partition coefficient (Wildman–Crippen LogP) is 3.46. The van der Waals surface area contributed by atoms with Crippen molar-refractivity contribution in [1.29, 1.82) is 0 Å². The smallest absolute Gasteiger partial charge is 0.170 e. The molecule has 4 heteroatoms. The minimum atomic E-state index is -0.409. The Morgan fingerprint density at radius 3 is 2.21 bits per heavy atom. The van der Waals surface area contributed by atoms with Crippen molar-refractivity contribution in [2.45, 2.75) is 33.6 Å². The fourth-order valence-corrected chi connectivity index (χ4v) is 1.88. The molecule has 1 rings (SSSR count). The number of carbonyl (C=O) groups excluding carboxylic acids is 1. The van der Waals surface area contributed by atoms with Crippen molar-refractivity contribution < 1.29 is 20.1 Å². The number of hydrogen-bond donors (Lipinski definition) is 3. The summed E-state index contributed by atoms with van der Waals surface area (Å²) in [5.41, 5.74) is 0.384. The molecule has 0 aliphatic carbocycles. The minimum Gasteiger partial charge on any atom is -0.507 e. The minimum absolute atomic E-state index is 0.102. The van der Waals surface area contributed by atoms with E-state index in [0.717, 1.165) is 6.07 Å². The van der Waals surface area contributed by atoms with Gasteiger partial charge in [0.15, 0.2) is 5.78 Å². The molecule has 0 saturated carbocycles. The number of phenolic OH excluding ortho intramolecular Hbond substituents is 3. The van der Waals surface area contributed by atoms with Crippen LogP contribution in [0.25, 0.3) is 5.57 Å². The Hall–Kier alpha value is -1.97. The molecule has 0 fully saturated rings. The highest BCUT2D eigenvalue weighted by Gasteiger charge is 2.22. The number of rotatable bonds is 5. The van der Waals surface area contributed by atoms with Crippen LogP contribution < -0.4 is 0 Å². The molecular formula is C15H20O4. The maximum Gasteiger partial charge on any atom is 0.170 e. The third-order valence-electron chi connectivity index (χ3n) is 2.91. The monoisotopic (exact) mass is 264 g/mol. The fraction of sp³-hybridized carbons (Fsp3) is 0.400. The zero-order chi connectivity index (χ0) is 14.7. The average Bonchev–Trinajstić information content (AvgIpc) is 2.24. The Labute approximate surface area is 113 Å². The maximum absolute atomic E-state index is 12.0. The molecule has 3 N–H and O–H groups in total. The third-order valence-corrected chi connectivity index (χ3v) is 2.91. The Morgan fingerprint density at radius 2 is 1.74 bits per heavy atom. The summed E-state index contributed by atoms with van der Waals surface area (Å²) in [6, 6.07) is 1.06. The quantitative estimate of drug-likeness (QED) is 0.712. The van der Waals surface area contributed by atoms with E-state index in [9.17, 15) is 20.1 Å². The van der Waals surface area contributed by atoms with E-state index in [1.165, 1.54) is 0 Å². The van der Waals surface area contributed by atoms with E-state index < -0.39 is 11.5 Å². The summed E-state index contributed by atoms with van der Waals surface area (Å²) in [6.45, 7) is 9.22. The van der Waals surface area contributed by atoms with E-state index in [1.54, 1.807) is 6.92 Å². The highest BCUT2D eigenvalue weighted by Crippen LogP contribution is 2.41. The van der Waals surface area contributed by atoms with Gasteiger partial charge in [-0.25, -0.2) is 0 Å². The van der Waals surface area contributed by atoms with Gasteiger partial charge in [-0.15, -0.1) is 0 Å². The predicted molar refractivity (Wildman–Crippen MR) is 74.5 cm³/mol. The van der Waals surface area contributed by atoms with Crippen molar-refractivity contribution in [2.24, 2.45) is 5.92 Å². The van der Waals surface area contributed by atoms with Crippen molar-refractivity contribution in [2.75, 3.05) is 0 Å². The largest absolute Gasteiger partial charge is 0.507 e. The molecule has 0 heterocycles. The van der Waals surface area contributed by atoms with Crippen molar-refractivity contribution in [3.63, 3.8) is 0 Å². The second-order valence-electron chi connectivity index (χ2n) is 5.15. The van der Waals surface area contributed by atoms with Crippen LogP contribution >= 0.6 is 0 Å². The summed E-state index contributed by atoms with van der Waals surface area (Å²) in [5, 5.41) is 29.5. The molecule has 0 atom stereocenters. The van der Waals surface area contributed by atoms with Gasteiger partial charge >= 0.3 is 0 Å². The zero-order valence-corrected chi connectivity index (χ0v) is 11.5. The number of aromatic hydroxyl groups is 3. The number of Topliss-reactive ketones (excluding diaryl/α,β-unsaturated/α-hetero) is 1. The summed E-state index contributed by atoms with van der Waals surface area (Å²) in [4.78, 5) is 12.0. The van der Waals surface area contributed by atoms with Crippen molar-refractivity contribution in [3.05, 3.63) is 23.8 Å². The molecule has 0 aromatic heterocycles. The van der Waals surface area contributed by atoms with E-state index in [2.05, 4.69) is 6.58 Å². The molecule has 0 saturated heterocycles. The lowest BCUT2D eigenvalue weighted by atomic mass is 9.95. The molecule has 0 aliphatic heterocycles. The Bertz CT molecular complexity index is 515. The molecule has 0 unspecified atom stereocenters. The second kappa shape index (κ2) is 5.78.